The Hall–Kier alpha value is -1.82. The zero-order valence-corrected chi connectivity index (χ0v) is 9.25. The molecule has 1 rings (SSSR count). The smallest absolute Gasteiger partial charge is 0.258 e. The molecule has 0 spiro atoms. The van der Waals surface area contributed by atoms with E-state index in [1.807, 2.05) is 0 Å². The topological polar surface area (TPSA) is 95.6 Å². The fourth-order valence-corrected chi connectivity index (χ4v) is 1.25. The summed E-state index contributed by atoms with van der Waals surface area (Å²) in [7, 11) is 0. The van der Waals surface area contributed by atoms with Crippen molar-refractivity contribution >= 4 is 23.1 Å². The van der Waals surface area contributed by atoms with Crippen LogP contribution in [0.25, 0.3) is 0 Å². The number of nitrogens with one attached hydrogen (secondary N) is 1. The number of hydrogen-bond donors (Lipinski definition) is 4. The van der Waals surface area contributed by atoms with Crippen LogP contribution >= 0.6 is 12.2 Å². The van der Waals surface area contributed by atoms with Crippen LogP contribution in [0.4, 0.5) is 0 Å². The van der Waals surface area contributed by atoms with Gasteiger partial charge in [-0.2, -0.15) is 0 Å². The second-order valence-corrected chi connectivity index (χ2v) is 3.67. The van der Waals surface area contributed by atoms with Gasteiger partial charge < -0.3 is 21.3 Å². The standard InChI is InChI=1S/C10H12N2O3S/c11-8(16)4-5-12-10(15)9-6(13)2-1-3-7(9)14/h1-3,13-14H,4-5H2,(H2,11,16)(H,12,15). The Kier molecular flexibility index (Phi) is 4.07. The number of benzene rings is 1. The number of rotatable bonds is 4. The normalized spacial score (nSPS) is 9.75. The van der Waals surface area contributed by atoms with Gasteiger partial charge in [0.2, 0.25) is 0 Å². The van der Waals surface area contributed by atoms with E-state index < -0.39 is 5.91 Å². The molecule has 5 nitrogen and oxygen atoms in total. The maximum Gasteiger partial charge on any atom is 0.258 e. The van der Waals surface area contributed by atoms with Crippen LogP contribution in [-0.4, -0.2) is 27.7 Å². The zero-order valence-electron chi connectivity index (χ0n) is 8.43. The minimum absolute atomic E-state index is 0.148. The summed E-state index contributed by atoms with van der Waals surface area (Å²) in [5, 5.41) is 21.3. The van der Waals surface area contributed by atoms with Crippen molar-refractivity contribution in [3.05, 3.63) is 23.8 Å². The van der Waals surface area contributed by atoms with Gasteiger partial charge in [-0.15, -0.1) is 0 Å². The highest BCUT2D eigenvalue weighted by Gasteiger charge is 2.15. The van der Waals surface area contributed by atoms with Crippen LogP contribution in [-0.2, 0) is 0 Å². The van der Waals surface area contributed by atoms with E-state index in [2.05, 4.69) is 17.5 Å². The average Bonchev–Trinajstić information content (AvgIpc) is 2.16. The molecular formula is C10H12N2O3S. The summed E-state index contributed by atoms with van der Waals surface area (Å²) in [5.74, 6) is -1.10. The van der Waals surface area contributed by atoms with Gasteiger partial charge in [-0.1, -0.05) is 18.3 Å². The van der Waals surface area contributed by atoms with Crippen LogP contribution in [0.5, 0.6) is 11.5 Å². The highest BCUT2D eigenvalue weighted by molar-refractivity contribution is 7.80. The Morgan fingerprint density at radius 3 is 2.44 bits per heavy atom. The molecule has 0 fully saturated rings. The van der Waals surface area contributed by atoms with E-state index in [0.29, 0.717) is 11.4 Å². The molecule has 0 unspecified atom stereocenters. The first-order valence-electron chi connectivity index (χ1n) is 4.60. The molecule has 0 atom stereocenters. The van der Waals surface area contributed by atoms with Crippen LogP contribution in [0.15, 0.2) is 18.2 Å². The predicted octanol–water partition coefficient (Wildman–Crippen LogP) is 0.504. The van der Waals surface area contributed by atoms with Crippen LogP contribution < -0.4 is 11.1 Å². The van der Waals surface area contributed by atoms with Gasteiger partial charge in [0, 0.05) is 13.0 Å². The van der Waals surface area contributed by atoms with Crippen LogP contribution in [0.2, 0.25) is 0 Å². The number of phenols is 2. The van der Waals surface area contributed by atoms with Crippen molar-refractivity contribution < 1.29 is 15.0 Å². The maximum atomic E-state index is 11.6. The van der Waals surface area contributed by atoms with Crippen molar-refractivity contribution in [1.29, 1.82) is 0 Å². The number of nitrogens with two attached hydrogens (primary N) is 1. The first-order chi connectivity index (χ1) is 7.52. The number of hydrogen-bond acceptors (Lipinski definition) is 4. The third kappa shape index (κ3) is 3.09. The lowest BCUT2D eigenvalue weighted by molar-refractivity contribution is 0.0949. The summed E-state index contributed by atoms with van der Waals surface area (Å²) in [4.78, 5) is 11.8. The van der Waals surface area contributed by atoms with Crippen LogP contribution in [0.1, 0.15) is 16.8 Å². The molecule has 1 amide bonds. The number of thiocarbonyl (C=S) groups is 1. The minimum Gasteiger partial charge on any atom is -0.507 e. The van der Waals surface area contributed by atoms with Crippen molar-refractivity contribution in [1.82, 2.24) is 5.32 Å². The molecule has 86 valence electrons. The number of amides is 1. The Bertz CT molecular complexity index is 400. The van der Waals surface area contributed by atoms with Crippen molar-refractivity contribution in [2.75, 3.05) is 6.54 Å². The summed E-state index contributed by atoms with van der Waals surface area (Å²) < 4.78 is 0. The van der Waals surface area contributed by atoms with Crippen molar-refractivity contribution in [2.24, 2.45) is 5.73 Å². The predicted molar refractivity (Wildman–Crippen MR) is 63.5 cm³/mol. The van der Waals surface area contributed by atoms with Crippen LogP contribution in [0.3, 0.4) is 0 Å². The third-order valence-corrected chi connectivity index (χ3v) is 2.11. The summed E-state index contributed by atoms with van der Waals surface area (Å²) in [5.41, 5.74) is 5.11. The number of phenolic OH excluding ortho intramolecular Hbond substituents is 2. The monoisotopic (exact) mass is 240 g/mol. The molecule has 0 saturated carbocycles. The third-order valence-electron chi connectivity index (χ3n) is 1.90. The van der Waals surface area contributed by atoms with Crippen molar-refractivity contribution in [2.45, 2.75) is 6.42 Å². The van der Waals surface area contributed by atoms with Gasteiger partial charge in [-0.3, -0.25) is 4.79 Å². The lowest BCUT2D eigenvalue weighted by Gasteiger charge is -2.07. The molecular weight excluding hydrogens is 228 g/mol. The molecule has 0 aliphatic carbocycles. The summed E-state index contributed by atoms with van der Waals surface area (Å²) in [6.07, 6.45) is 0.370. The Morgan fingerprint density at radius 1 is 1.38 bits per heavy atom. The fraction of sp³-hybridized carbons (Fsp3) is 0.200. The SMILES string of the molecule is NC(=S)CCNC(=O)c1c(O)cccc1O. The highest BCUT2D eigenvalue weighted by Crippen LogP contribution is 2.25. The number of carbonyl (C=O) groups is 1. The molecule has 0 bridgehead atoms. The van der Waals surface area contributed by atoms with Crippen molar-refractivity contribution in [3.63, 3.8) is 0 Å². The quantitative estimate of drug-likeness (QED) is 0.575. The molecule has 0 aliphatic heterocycles. The van der Waals surface area contributed by atoms with E-state index >= 15 is 0 Å². The lowest BCUT2D eigenvalue weighted by Crippen LogP contribution is -2.27. The number of carbonyl (C=O) groups excluding carboxylic acids is 1. The van der Waals surface area contributed by atoms with E-state index in [0.717, 1.165) is 0 Å². The molecule has 16 heavy (non-hydrogen) atoms. The van der Waals surface area contributed by atoms with E-state index in [-0.39, 0.29) is 23.6 Å². The second-order valence-electron chi connectivity index (χ2n) is 3.14. The fourth-order valence-electron chi connectivity index (χ4n) is 1.15. The number of aromatic hydroxyl groups is 2. The van der Waals surface area contributed by atoms with Crippen LogP contribution in [0, 0.1) is 0 Å². The van der Waals surface area contributed by atoms with Gasteiger partial charge in [0.25, 0.3) is 5.91 Å². The summed E-state index contributed by atoms with van der Waals surface area (Å²) in [6, 6.07) is 4.08. The highest BCUT2D eigenvalue weighted by atomic mass is 32.1. The van der Waals surface area contributed by atoms with Gasteiger partial charge in [0.1, 0.15) is 17.1 Å². The molecule has 0 aliphatic rings. The molecule has 0 aromatic heterocycles. The van der Waals surface area contributed by atoms with Crippen molar-refractivity contribution in [3.8, 4) is 11.5 Å². The van der Waals surface area contributed by atoms with E-state index in [4.69, 9.17) is 5.73 Å². The molecule has 1 aromatic rings. The first-order valence-corrected chi connectivity index (χ1v) is 5.00. The van der Waals surface area contributed by atoms with Gasteiger partial charge in [0.15, 0.2) is 0 Å². The zero-order chi connectivity index (χ0) is 12.1. The minimum atomic E-state index is -0.563. The summed E-state index contributed by atoms with van der Waals surface area (Å²) >= 11 is 4.64. The van der Waals surface area contributed by atoms with Gasteiger partial charge in [-0.05, 0) is 12.1 Å². The van der Waals surface area contributed by atoms with E-state index in [1.165, 1.54) is 18.2 Å². The molecule has 6 heteroatoms. The molecule has 0 heterocycles. The van der Waals surface area contributed by atoms with E-state index in [1.54, 1.807) is 0 Å². The second kappa shape index (κ2) is 5.32. The van der Waals surface area contributed by atoms with E-state index in [9.17, 15) is 15.0 Å². The summed E-state index contributed by atoms with van der Waals surface area (Å²) in [6.45, 7) is 0.266. The lowest BCUT2D eigenvalue weighted by atomic mass is 10.1. The van der Waals surface area contributed by atoms with Gasteiger partial charge >= 0.3 is 0 Å². The molecule has 0 radical (unpaired) electrons. The largest absolute Gasteiger partial charge is 0.507 e. The Morgan fingerprint density at radius 2 is 1.94 bits per heavy atom. The Labute approximate surface area is 97.9 Å². The maximum absolute atomic E-state index is 11.6. The molecule has 1 aromatic carbocycles. The first kappa shape index (κ1) is 12.3. The average molecular weight is 240 g/mol. The Balaban J connectivity index is 2.70. The molecule has 0 saturated heterocycles. The van der Waals surface area contributed by atoms with Gasteiger partial charge in [0.05, 0.1) is 4.99 Å². The molecule has 5 N–H and O–H groups in total. The van der Waals surface area contributed by atoms with Gasteiger partial charge in [-0.25, -0.2) is 0 Å².